The molecule has 0 aliphatic heterocycles. The summed E-state index contributed by atoms with van der Waals surface area (Å²) in [5, 5.41) is 9.37. The highest BCUT2D eigenvalue weighted by Crippen LogP contribution is 2.30. The molecule has 0 saturated heterocycles. The van der Waals surface area contributed by atoms with Gasteiger partial charge in [-0.1, -0.05) is 48.0 Å². The second-order valence-corrected chi connectivity index (χ2v) is 11.6. The van der Waals surface area contributed by atoms with Crippen molar-refractivity contribution in [3.8, 4) is 5.75 Å². The predicted octanol–water partition coefficient (Wildman–Crippen LogP) is 7.36. The summed E-state index contributed by atoms with van der Waals surface area (Å²) in [6, 6.07) is 28.6. The van der Waals surface area contributed by atoms with E-state index < -0.39 is 17.1 Å². The van der Waals surface area contributed by atoms with E-state index in [9.17, 15) is 14.4 Å². The molecular weight excluding hydrogens is 596 g/mol. The molecule has 5 aromatic rings. The molecule has 1 aromatic heterocycles. The first-order valence-corrected chi connectivity index (χ1v) is 14.9. The van der Waals surface area contributed by atoms with Crippen molar-refractivity contribution in [1.29, 1.82) is 0 Å². The van der Waals surface area contributed by atoms with Crippen LogP contribution in [0.5, 0.6) is 5.75 Å². The fourth-order valence-electron chi connectivity index (χ4n) is 4.35. The molecule has 0 bridgehead atoms. The first-order chi connectivity index (χ1) is 21.3. The molecule has 0 aliphatic rings. The lowest BCUT2D eigenvalue weighted by atomic mass is 10.1. The number of rotatable bonds is 10. The van der Waals surface area contributed by atoms with Gasteiger partial charge in [-0.25, -0.2) is 0 Å². The summed E-state index contributed by atoms with van der Waals surface area (Å²) >= 11 is 7.59. The van der Waals surface area contributed by atoms with Gasteiger partial charge >= 0.3 is 0 Å². The van der Waals surface area contributed by atoms with E-state index in [4.69, 9.17) is 16.3 Å². The molecule has 0 fully saturated rings. The monoisotopic (exact) mass is 624 g/mol. The number of halogens is 1. The van der Waals surface area contributed by atoms with Crippen LogP contribution >= 0.6 is 23.4 Å². The number of methoxy groups -OCH3 is 1. The highest BCUT2D eigenvalue weighted by molar-refractivity contribution is 8.00. The predicted molar refractivity (Wildman–Crippen MR) is 177 cm³/mol. The summed E-state index contributed by atoms with van der Waals surface area (Å²) in [7, 11) is 1.54. The third-order valence-corrected chi connectivity index (χ3v) is 8.12. The van der Waals surface area contributed by atoms with Gasteiger partial charge in [-0.2, -0.15) is 0 Å². The Hall–Kier alpha value is -4.99. The minimum Gasteiger partial charge on any atom is -0.497 e. The largest absolute Gasteiger partial charge is 0.497 e. The number of fused-ring (bicyclic) bond motifs is 1. The quantitative estimate of drug-likeness (QED) is 0.0958. The van der Waals surface area contributed by atoms with Crippen molar-refractivity contribution < 1.29 is 19.1 Å². The number of aromatic nitrogens is 1. The zero-order chi connectivity index (χ0) is 31.1. The Morgan fingerprint density at radius 2 is 1.64 bits per heavy atom. The molecule has 4 N–H and O–H groups in total. The Balaban J connectivity index is 1.28. The second-order valence-electron chi connectivity index (χ2n) is 9.74. The normalized spacial score (nSPS) is 11.9. The van der Waals surface area contributed by atoms with Gasteiger partial charge in [0, 0.05) is 44.9 Å². The molecular formula is C34H29ClN4O4S. The topological polar surface area (TPSA) is 112 Å². The zero-order valence-electron chi connectivity index (χ0n) is 23.9. The van der Waals surface area contributed by atoms with E-state index in [0.29, 0.717) is 27.7 Å². The highest BCUT2D eigenvalue weighted by Gasteiger charge is 2.18. The number of para-hydroxylation sites is 1. The molecule has 8 nitrogen and oxygen atoms in total. The summed E-state index contributed by atoms with van der Waals surface area (Å²) in [5.74, 6) is -0.519. The number of amides is 3. The Kier molecular flexibility index (Phi) is 9.69. The number of thioether (sulfide) groups is 1. The number of hydrogen-bond acceptors (Lipinski definition) is 5. The maximum atomic E-state index is 13.5. The Labute approximate surface area is 263 Å². The maximum Gasteiger partial charge on any atom is 0.272 e. The average Bonchev–Trinajstić information content (AvgIpc) is 3.45. The smallest absolute Gasteiger partial charge is 0.272 e. The molecule has 0 aliphatic carbocycles. The number of nitrogens with one attached hydrogen (secondary N) is 4. The van der Waals surface area contributed by atoms with E-state index in [2.05, 4.69) is 20.9 Å². The van der Waals surface area contributed by atoms with Gasteiger partial charge in [0.1, 0.15) is 11.4 Å². The van der Waals surface area contributed by atoms with Crippen LogP contribution in [0.4, 0.5) is 11.4 Å². The van der Waals surface area contributed by atoms with Crippen molar-refractivity contribution in [2.24, 2.45) is 0 Å². The summed E-state index contributed by atoms with van der Waals surface area (Å²) in [6.45, 7) is 1.79. The van der Waals surface area contributed by atoms with E-state index in [-0.39, 0.29) is 11.6 Å². The molecule has 222 valence electrons. The number of aromatic amines is 1. The van der Waals surface area contributed by atoms with Gasteiger partial charge in [0.05, 0.1) is 23.1 Å². The molecule has 0 saturated carbocycles. The molecule has 1 heterocycles. The van der Waals surface area contributed by atoms with Crippen molar-refractivity contribution >= 4 is 69.4 Å². The summed E-state index contributed by atoms with van der Waals surface area (Å²) in [5.41, 5.74) is 3.18. The van der Waals surface area contributed by atoms with Gasteiger partial charge < -0.3 is 25.7 Å². The number of anilines is 2. The molecule has 0 radical (unpaired) electrons. The van der Waals surface area contributed by atoms with Gasteiger partial charge in [-0.05, 0) is 67.6 Å². The number of carbonyl (C=O) groups is 3. The molecule has 10 heteroatoms. The maximum absolute atomic E-state index is 13.5. The van der Waals surface area contributed by atoms with E-state index in [1.54, 1.807) is 80.9 Å². The number of benzene rings is 4. The average molecular weight is 625 g/mol. The lowest BCUT2D eigenvalue weighted by Crippen LogP contribution is -2.30. The van der Waals surface area contributed by atoms with Gasteiger partial charge in [-0.15, -0.1) is 11.8 Å². The van der Waals surface area contributed by atoms with Gasteiger partial charge in [0.2, 0.25) is 5.91 Å². The third kappa shape index (κ3) is 7.50. The number of hydrogen-bond donors (Lipinski definition) is 4. The standard InChI is InChI=1S/C34H29ClN4O4S/c1-21(32(40)38-30-19-25(43-2)14-17-28(30)35)44-26-15-12-24(13-16-26)37-34(42)31(39-33(41)22-8-4-3-5-9-22)18-23-20-36-29-11-7-6-10-27(23)29/h3-21,36H,1-2H3,(H,37,42)(H,38,40)(H,39,41)/b31-18-. The first kappa shape index (κ1) is 30.5. The van der Waals surface area contributed by atoms with E-state index in [1.807, 2.05) is 42.5 Å². The third-order valence-electron chi connectivity index (χ3n) is 6.68. The van der Waals surface area contributed by atoms with E-state index >= 15 is 0 Å². The summed E-state index contributed by atoms with van der Waals surface area (Å²) in [4.78, 5) is 43.3. The Bertz CT molecular complexity index is 1840. The van der Waals surface area contributed by atoms with Crippen LogP contribution in [0.3, 0.4) is 0 Å². The highest BCUT2D eigenvalue weighted by atomic mass is 35.5. The van der Waals surface area contributed by atoms with Gasteiger partial charge in [0.15, 0.2) is 0 Å². The van der Waals surface area contributed by atoms with Gasteiger partial charge in [0.25, 0.3) is 11.8 Å². The number of carbonyl (C=O) groups excluding carboxylic acids is 3. The Morgan fingerprint density at radius 1 is 0.909 bits per heavy atom. The van der Waals surface area contributed by atoms with Crippen molar-refractivity contribution in [2.45, 2.75) is 17.1 Å². The summed E-state index contributed by atoms with van der Waals surface area (Å²) in [6.07, 6.45) is 3.44. The van der Waals surface area contributed by atoms with Crippen LogP contribution in [-0.2, 0) is 9.59 Å². The van der Waals surface area contributed by atoms with Crippen molar-refractivity contribution in [2.75, 3.05) is 17.7 Å². The number of H-pyrrole nitrogens is 1. The van der Waals surface area contributed by atoms with Crippen LogP contribution in [0.1, 0.15) is 22.8 Å². The van der Waals surface area contributed by atoms with Crippen LogP contribution in [0.25, 0.3) is 17.0 Å². The van der Waals surface area contributed by atoms with Crippen LogP contribution in [0, 0.1) is 0 Å². The van der Waals surface area contributed by atoms with Crippen LogP contribution in [0.2, 0.25) is 5.02 Å². The van der Waals surface area contributed by atoms with Crippen LogP contribution < -0.4 is 20.7 Å². The molecule has 1 unspecified atom stereocenters. The van der Waals surface area contributed by atoms with Crippen molar-refractivity contribution in [3.05, 3.63) is 125 Å². The molecule has 3 amide bonds. The first-order valence-electron chi connectivity index (χ1n) is 13.7. The molecule has 1 atom stereocenters. The number of ether oxygens (including phenoxy) is 1. The molecule has 44 heavy (non-hydrogen) atoms. The zero-order valence-corrected chi connectivity index (χ0v) is 25.5. The Morgan fingerprint density at radius 3 is 2.39 bits per heavy atom. The fourth-order valence-corrected chi connectivity index (χ4v) is 5.38. The minimum atomic E-state index is -0.483. The van der Waals surface area contributed by atoms with E-state index in [1.165, 1.54) is 11.8 Å². The molecule has 4 aromatic carbocycles. The summed E-state index contributed by atoms with van der Waals surface area (Å²) < 4.78 is 5.21. The SMILES string of the molecule is COc1ccc(Cl)c(NC(=O)C(C)Sc2ccc(NC(=O)/C(=C/c3c[nH]c4ccccc34)NC(=O)c3ccccc3)cc2)c1. The molecule has 0 spiro atoms. The van der Waals surface area contributed by atoms with Crippen LogP contribution in [-0.4, -0.2) is 35.1 Å². The minimum absolute atomic E-state index is 0.0866. The van der Waals surface area contributed by atoms with E-state index in [0.717, 1.165) is 21.4 Å². The van der Waals surface area contributed by atoms with Gasteiger partial charge in [-0.3, -0.25) is 14.4 Å². The van der Waals surface area contributed by atoms with Crippen molar-refractivity contribution in [1.82, 2.24) is 10.3 Å². The van der Waals surface area contributed by atoms with Crippen molar-refractivity contribution in [3.63, 3.8) is 0 Å². The lowest BCUT2D eigenvalue weighted by Gasteiger charge is -2.14. The lowest BCUT2D eigenvalue weighted by molar-refractivity contribution is -0.115. The van der Waals surface area contributed by atoms with Crippen LogP contribution in [0.15, 0.2) is 114 Å². The molecule has 5 rings (SSSR count). The fraction of sp³-hybridized carbons (Fsp3) is 0.0882. The second kappa shape index (κ2) is 14.0.